The number of sulfone groups is 1. The average molecular weight is 557 g/mol. The second-order valence-corrected chi connectivity index (χ2v) is 11.4. The number of piperidine rings is 1. The number of nitrogens with zero attached hydrogens (tertiary/aromatic N) is 2. The summed E-state index contributed by atoms with van der Waals surface area (Å²) in [5.41, 5.74) is 0.276. The first kappa shape index (κ1) is 26.7. The summed E-state index contributed by atoms with van der Waals surface area (Å²) in [7, 11) is -3.97. The van der Waals surface area contributed by atoms with Gasteiger partial charge < -0.3 is 15.0 Å². The Morgan fingerprint density at radius 3 is 2.59 bits per heavy atom. The van der Waals surface area contributed by atoms with Gasteiger partial charge in [-0.1, -0.05) is 17.4 Å². The fraction of sp³-hybridized carbons (Fsp3) is 0.348. The Hall–Kier alpha value is -3.39. The van der Waals surface area contributed by atoms with Gasteiger partial charge in [-0.3, -0.25) is 10.1 Å². The van der Waals surface area contributed by atoms with E-state index in [9.17, 15) is 31.2 Å². The van der Waals surface area contributed by atoms with Gasteiger partial charge >= 0.3 is 12.4 Å². The number of anilines is 1. The van der Waals surface area contributed by atoms with Crippen LogP contribution in [0.25, 0.3) is 10.2 Å². The number of ether oxygens (including phenoxy) is 1. The van der Waals surface area contributed by atoms with Crippen molar-refractivity contribution >= 4 is 48.3 Å². The normalized spacial score (nSPS) is 15.0. The van der Waals surface area contributed by atoms with Crippen LogP contribution in [0.2, 0.25) is 0 Å². The molecular formula is C23H23F3N4O5S2. The number of carbonyl (C=O) groups excluding carboxylic acids is 2. The van der Waals surface area contributed by atoms with E-state index in [0.29, 0.717) is 21.8 Å². The lowest BCUT2D eigenvalue weighted by atomic mass is 10.1. The second kappa shape index (κ2) is 10.5. The van der Waals surface area contributed by atoms with Gasteiger partial charge in [-0.2, -0.15) is 0 Å². The minimum atomic E-state index is -4.94. The molecule has 0 radical (unpaired) electrons. The molecule has 1 aromatic carbocycles. The zero-order chi connectivity index (χ0) is 26.8. The molecule has 198 valence electrons. The number of amides is 3. The molecule has 2 N–H and O–H groups in total. The van der Waals surface area contributed by atoms with E-state index in [1.807, 2.05) is 0 Å². The standard InChI is InChI=1S/C23H23F3N4O5S2/c1-2-27-22(32)29-20-18(17-7-4-10-28-19(17)36-20)21(31)30-11-8-15(9-12-30)37(33,34)16-6-3-5-14(13-16)35-23(24,25)26/h3-7,10,13,15H,2,8-9,11-12H2,1H3,(H2,27,29,32). The Kier molecular flexibility index (Phi) is 7.59. The van der Waals surface area contributed by atoms with Crippen molar-refractivity contribution in [3.63, 3.8) is 0 Å². The number of aromatic nitrogens is 1. The maximum atomic E-state index is 13.5. The van der Waals surface area contributed by atoms with E-state index < -0.39 is 33.2 Å². The minimum absolute atomic E-state index is 0.0951. The van der Waals surface area contributed by atoms with Gasteiger partial charge in [-0.15, -0.1) is 13.2 Å². The summed E-state index contributed by atoms with van der Waals surface area (Å²) in [4.78, 5) is 31.7. The number of pyridine rings is 1. The molecule has 0 unspecified atom stereocenters. The van der Waals surface area contributed by atoms with Crippen LogP contribution >= 0.6 is 11.3 Å². The first-order valence-corrected chi connectivity index (χ1v) is 13.7. The van der Waals surface area contributed by atoms with E-state index in [-0.39, 0.29) is 42.3 Å². The number of rotatable bonds is 6. The van der Waals surface area contributed by atoms with Crippen molar-refractivity contribution in [3.05, 3.63) is 48.2 Å². The van der Waals surface area contributed by atoms with Gasteiger partial charge in [0.25, 0.3) is 5.91 Å². The summed E-state index contributed by atoms with van der Waals surface area (Å²) in [6, 6.07) is 7.22. The molecule has 0 spiro atoms. The van der Waals surface area contributed by atoms with Crippen LogP contribution in [0.5, 0.6) is 5.75 Å². The molecule has 1 saturated heterocycles. The second-order valence-electron chi connectivity index (χ2n) is 8.21. The van der Waals surface area contributed by atoms with Crippen LogP contribution in [0.15, 0.2) is 47.5 Å². The number of nitrogens with one attached hydrogen (secondary N) is 2. The molecule has 0 aliphatic carbocycles. The number of thiophene rings is 1. The van der Waals surface area contributed by atoms with Crippen molar-refractivity contribution in [1.29, 1.82) is 0 Å². The van der Waals surface area contributed by atoms with Gasteiger partial charge in [0, 0.05) is 31.2 Å². The van der Waals surface area contributed by atoms with E-state index in [1.54, 1.807) is 25.3 Å². The molecule has 2 aromatic heterocycles. The molecule has 1 aliphatic rings. The quantitative estimate of drug-likeness (QED) is 0.464. The van der Waals surface area contributed by atoms with Gasteiger partial charge in [-0.05, 0) is 50.1 Å². The molecule has 3 aromatic rings. The number of hydrogen-bond acceptors (Lipinski definition) is 7. The predicted octanol–water partition coefficient (Wildman–Crippen LogP) is 4.41. The summed E-state index contributed by atoms with van der Waals surface area (Å²) in [5, 5.41) is 5.32. The Labute approximate surface area is 214 Å². The monoisotopic (exact) mass is 556 g/mol. The lowest BCUT2D eigenvalue weighted by molar-refractivity contribution is -0.274. The highest BCUT2D eigenvalue weighted by Crippen LogP contribution is 2.36. The van der Waals surface area contributed by atoms with Crippen molar-refractivity contribution in [2.24, 2.45) is 0 Å². The third kappa shape index (κ3) is 5.96. The summed E-state index contributed by atoms with van der Waals surface area (Å²) >= 11 is 1.16. The lowest BCUT2D eigenvalue weighted by Gasteiger charge is -2.32. The fourth-order valence-electron chi connectivity index (χ4n) is 4.11. The first-order chi connectivity index (χ1) is 17.5. The van der Waals surface area contributed by atoms with E-state index >= 15 is 0 Å². The number of benzene rings is 1. The van der Waals surface area contributed by atoms with Crippen LogP contribution in [-0.2, 0) is 9.84 Å². The number of halogens is 3. The van der Waals surface area contributed by atoms with Crippen molar-refractivity contribution < 1.29 is 35.9 Å². The van der Waals surface area contributed by atoms with Crippen LogP contribution in [0.1, 0.15) is 30.1 Å². The Morgan fingerprint density at radius 2 is 1.92 bits per heavy atom. The molecule has 0 atom stereocenters. The molecule has 4 rings (SSSR count). The number of likely N-dealkylation sites (tertiary alicyclic amines) is 1. The number of fused-ring (bicyclic) bond motifs is 1. The highest BCUT2D eigenvalue weighted by Gasteiger charge is 2.36. The number of carbonyl (C=O) groups is 2. The SMILES string of the molecule is CCNC(=O)Nc1sc2ncccc2c1C(=O)N1CCC(S(=O)(=O)c2cccc(OC(F)(F)F)c2)CC1. The average Bonchev–Trinajstić information content (AvgIpc) is 3.20. The summed E-state index contributed by atoms with van der Waals surface area (Å²) in [6.45, 7) is 2.38. The zero-order valence-electron chi connectivity index (χ0n) is 19.5. The molecule has 0 saturated carbocycles. The Balaban J connectivity index is 1.52. The van der Waals surface area contributed by atoms with E-state index in [4.69, 9.17) is 0 Å². The number of alkyl halides is 3. The number of urea groups is 1. The fourth-order valence-corrected chi connectivity index (χ4v) is 6.90. The largest absolute Gasteiger partial charge is 0.573 e. The molecule has 3 heterocycles. The van der Waals surface area contributed by atoms with Gasteiger partial charge in [-0.25, -0.2) is 18.2 Å². The summed E-state index contributed by atoms with van der Waals surface area (Å²) in [6.07, 6.45) is -3.18. The molecule has 0 bridgehead atoms. The van der Waals surface area contributed by atoms with E-state index in [1.165, 1.54) is 17.0 Å². The minimum Gasteiger partial charge on any atom is -0.406 e. The smallest absolute Gasteiger partial charge is 0.406 e. The number of hydrogen-bond donors (Lipinski definition) is 2. The third-order valence-electron chi connectivity index (χ3n) is 5.78. The van der Waals surface area contributed by atoms with Crippen LogP contribution in [-0.4, -0.2) is 61.5 Å². The molecule has 9 nitrogen and oxygen atoms in total. The van der Waals surface area contributed by atoms with Crippen LogP contribution in [0, 0.1) is 0 Å². The van der Waals surface area contributed by atoms with Crippen molar-refractivity contribution in [1.82, 2.24) is 15.2 Å². The zero-order valence-corrected chi connectivity index (χ0v) is 21.2. The highest BCUT2D eigenvalue weighted by atomic mass is 32.2. The molecule has 1 aliphatic heterocycles. The Bertz CT molecular complexity index is 1420. The van der Waals surface area contributed by atoms with Gasteiger partial charge in [0.15, 0.2) is 9.84 Å². The third-order valence-corrected chi connectivity index (χ3v) is 9.07. The molecule has 37 heavy (non-hydrogen) atoms. The van der Waals surface area contributed by atoms with Crippen LogP contribution in [0.4, 0.5) is 23.0 Å². The van der Waals surface area contributed by atoms with Gasteiger partial charge in [0.1, 0.15) is 15.6 Å². The van der Waals surface area contributed by atoms with Crippen molar-refractivity contribution in [2.75, 3.05) is 25.0 Å². The maximum Gasteiger partial charge on any atom is 0.573 e. The molecular weight excluding hydrogens is 533 g/mol. The van der Waals surface area contributed by atoms with Crippen molar-refractivity contribution in [3.8, 4) is 5.75 Å². The van der Waals surface area contributed by atoms with Crippen molar-refractivity contribution in [2.45, 2.75) is 36.3 Å². The van der Waals surface area contributed by atoms with Gasteiger partial charge in [0.05, 0.1) is 15.7 Å². The van der Waals surface area contributed by atoms with Gasteiger partial charge in [0.2, 0.25) is 0 Å². The van der Waals surface area contributed by atoms with Crippen LogP contribution < -0.4 is 15.4 Å². The lowest BCUT2D eigenvalue weighted by Crippen LogP contribution is -2.42. The highest BCUT2D eigenvalue weighted by molar-refractivity contribution is 7.92. The topological polar surface area (TPSA) is 118 Å². The van der Waals surface area contributed by atoms with E-state index in [2.05, 4.69) is 20.4 Å². The maximum absolute atomic E-state index is 13.5. The van der Waals surface area contributed by atoms with Crippen LogP contribution in [0.3, 0.4) is 0 Å². The summed E-state index contributed by atoms with van der Waals surface area (Å²) in [5.74, 6) is -0.992. The molecule has 3 amide bonds. The Morgan fingerprint density at radius 1 is 1.19 bits per heavy atom. The predicted molar refractivity (Wildman–Crippen MR) is 132 cm³/mol. The molecule has 1 fully saturated rings. The summed E-state index contributed by atoms with van der Waals surface area (Å²) < 4.78 is 67.8. The first-order valence-electron chi connectivity index (χ1n) is 11.3. The molecule has 14 heteroatoms. The van der Waals surface area contributed by atoms with E-state index in [0.717, 1.165) is 23.5 Å².